The van der Waals surface area contributed by atoms with Crippen molar-refractivity contribution >= 4 is 44.8 Å². The number of rotatable bonds is 12. The molecule has 2 aromatic carbocycles. The van der Waals surface area contributed by atoms with Gasteiger partial charge in [-0.05, 0) is 12.1 Å². The number of aromatic nitrogens is 3. The van der Waals surface area contributed by atoms with Crippen molar-refractivity contribution in [2.45, 2.75) is 13.1 Å². The monoisotopic (exact) mass is 504 g/mol. The minimum absolute atomic E-state index is 0.0512. The SMILES string of the molecule is O=C1NC(=O)C(c2nn(CCOCCO)c3ccccc23)=C1c1cn(CCOCCO)c2ccccc12. The van der Waals surface area contributed by atoms with Gasteiger partial charge in [0.2, 0.25) is 0 Å². The molecular formula is C27H28N4O6. The van der Waals surface area contributed by atoms with Crippen LogP contribution in [0.2, 0.25) is 0 Å². The van der Waals surface area contributed by atoms with E-state index < -0.39 is 11.8 Å². The lowest BCUT2D eigenvalue weighted by atomic mass is 9.97. The van der Waals surface area contributed by atoms with E-state index in [1.165, 1.54) is 0 Å². The molecule has 2 amide bonds. The first-order valence-corrected chi connectivity index (χ1v) is 12.2. The van der Waals surface area contributed by atoms with Crippen molar-refractivity contribution in [2.75, 3.05) is 39.6 Å². The third-order valence-electron chi connectivity index (χ3n) is 6.28. The average molecular weight is 505 g/mol. The number of fused-ring (bicyclic) bond motifs is 2. The zero-order chi connectivity index (χ0) is 25.8. The largest absolute Gasteiger partial charge is 0.394 e. The van der Waals surface area contributed by atoms with E-state index in [1.54, 1.807) is 4.68 Å². The van der Waals surface area contributed by atoms with Crippen LogP contribution in [0.3, 0.4) is 0 Å². The average Bonchev–Trinajstić information content (AvgIpc) is 3.55. The van der Waals surface area contributed by atoms with Crippen LogP contribution in [0.15, 0.2) is 54.7 Å². The molecule has 0 fully saturated rings. The number of hydrogen-bond donors (Lipinski definition) is 3. The number of para-hydroxylation sites is 2. The molecule has 5 rings (SSSR count). The van der Waals surface area contributed by atoms with Gasteiger partial charge in [0.25, 0.3) is 11.8 Å². The molecule has 2 aromatic heterocycles. The fourth-order valence-corrected chi connectivity index (χ4v) is 4.70. The van der Waals surface area contributed by atoms with Gasteiger partial charge in [0.1, 0.15) is 5.69 Å². The molecule has 0 saturated carbocycles. The molecule has 3 heterocycles. The second kappa shape index (κ2) is 11.1. The number of carbonyl (C=O) groups is 2. The molecule has 1 aliphatic rings. The molecule has 0 aliphatic carbocycles. The van der Waals surface area contributed by atoms with Crippen LogP contribution < -0.4 is 5.32 Å². The lowest BCUT2D eigenvalue weighted by molar-refractivity contribution is -0.122. The molecule has 0 unspecified atom stereocenters. The molecular weight excluding hydrogens is 476 g/mol. The molecule has 4 aromatic rings. The summed E-state index contributed by atoms with van der Waals surface area (Å²) < 4.78 is 14.6. The summed E-state index contributed by atoms with van der Waals surface area (Å²) >= 11 is 0. The number of aliphatic hydroxyl groups is 2. The van der Waals surface area contributed by atoms with Crippen LogP contribution in [0.1, 0.15) is 11.3 Å². The molecule has 0 bridgehead atoms. The number of nitrogens with zero attached hydrogens (tertiary/aromatic N) is 3. The molecule has 37 heavy (non-hydrogen) atoms. The molecule has 0 atom stereocenters. The van der Waals surface area contributed by atoms with E-state index in [0.717, 1.165) is 21.8 Å². The second-order valence-electron chi connectivity index (χ2n) is 8.55. The van der Waals surface area contributed by atoms with Crippen molar-refractivity contribution in [1.82, 2.24) is 19.7 Å². The Morgan fingerprint density at radius 1 is 0.757 bits per heavy atom. The van der Waals surface area contributed by atoms with E-state index in [0.29, 0.717) is 37.6 Å². The topological polar surface area (TPSA) is 128 Å². The van der Waals surface area contributed by atoms with E-state index in [1.807, 2.05) is 59.3 Å². The molecule has 0 spiro atoms. The number of benzene rings is 2. The van der Waals surface area contributed by atoms with Crippen molar-refractivity contribution in [3.8, 4) is 0 Å². The van der Waals surface area contributed by atoms with Gasteiger partial charge < -0.3 is 24.3 Å². The Morgan fingerprint density at radius 2 is 1.38 bits per heavy atom. The number of aliphatic hydroxyl groups excluding tert-OH is 2. The third-order valence-corrected chi connectivity index (χ3v) is 6.28. The second-order valence-corrected chi connectivity index (χ2v) is 8.55. The van der Waals surface area contributed by atoms with Gasteiger partial charge in [-0.3, -0.25) is 19.6 Å². The van der Waals surface area contributed by atoms with Crippen LogP contribution in [-0.4, -0.2) is 76.0 Å². The van der Waals surface area contributed by atoms with Crippen molar-refractivity contribution in [2.24, 2.45) is 0 Å². The molecule has 1 aliphatic heterocycles. The number of ether oxygens (including phenoxy) is 2. The zero-order valence-electron chi connectivity index (χ0n) is 20.2. The molecule has 10 heteroatoms. The zero-order valence-corrected chi connectivity index (χ0v) is 20.2. The fraction of sp³-hybridized carbons (Fsp3) is 0.296. The number of imide groups is 1. The van der Waals surface area contributed by atoms with E-state index >= 15 is 0 Å². The highest BCUT2D eigenvalue weighted by atomic mass is 16.5. The minimum Gasteiger partial charge on any atom is -0.394 e. The van der Waals surface area contributed by atoms with E-state index in [9.17, 15) is 9.59 Å². The highest BCUT2D eigenvalue weighted by Gasteiger charge is 2.36. The van der Waals surface area contributed by atoms with Gasteiger partial charge in [0.05, 0.1) is 62.8 Å². The van der Waals surface area contributed by atoms with E-state index in [-0.39, 0.29) is 37.6 Å². The Kier molecular flexibility index (Phi) is 7.42. The summed E-state index contributed by atoms with van der Waals surface area (Å²) in [5, 5.41) is 26.8. The van der Waals surface area contributed by atoms with Crippen LogP contribution in [0.4, 0.5) is 0 Å². The predicted molar refractivity (Wildman–Crippen MR) is 137 cm³/mol. The summed E-state index contributed by atoms with van der Waals surface area (Å²) in [4.78, 5) is 26.3. The third kappa shape index (κ3) is 4.79. The summed E-state index contributed by atoms with van der Waals surface area (Å²) in [5.74, 6) is -0.959. The highest BCUT2D eigenvalue weighted by Crippen LogP contribution is 2.37. The maximum absolute atomic E-state index is 13.2. The first-order chi connectivity index (χ1) is 18.1. The predicted octanol–water partition coefficient (Wildman–Crippen LogP) is 1.58. The van der Waals surface area contributed by atoms with Crippen LogP contribution in [-0.2, 0) is 32.2 Å². The van der Waals surface area contributed by atoms with Crippen LogP contribution >= 0.6 is 0 Å². The van der Waals surface area contributed by atoms with Crippen LogP contribution in [0.5, 0.6) is 0 Å². The van der Waals surface area contributed by atoms with Crippen LogP contribution in [0, 0.1) is 0 Å². The van der Waals surface area contributed by atoms with E-state index in [2.05, 4.69) is 5.32 Å². The Hall–Kier alpha value is -3.83. The Labute approximate surface area is 212 Å². The van der Waals surface area contributed by atoms with Crippen molar-refractivity contribution in [1.29, 1.82) is 0 Å². The Bertz CT molecular complexity index is 1370. The van der Waals surface area contributed by atoms with Gasteiger partial charge in [0, 0.05) is 34.6 Å². The molecule has 10 nitrogen and oxygen atoms in total. The molecule has 192 valence electrons. The number of carbonyl (C=O) groups excluding carboxylic acids is 2. The fourth-order valence-electron chi connectivity index (χ4n) is 4.70. The lowest BCUT2D eigenvalue weighted by Gasteiger charge is -2.05. The summed E-state index contributed by atoms with van der Waals surface area (Å²) in [5.41, 5.74) is 3.30. The maximum Gasteiger partial charge on any atom is 0.261 e. The van der Waals surface area contributed by atoms with Crippen LogP contribution in [0.25, 0.3) is 33.0 Å². The smallest absolute Gasteiger partial charge is 0.261 e. The van der Waals surface area contributed by atoms with Gasteiger partial charge in [0.15, 0.2) is 0 Å². The first kappa shape index (κ1) is 24.8. The normalized spacial score (nSPS) is 13.9. The van der Waals surface area contributed by atoms with Crippen molar-refractivity contribution < 1.29 is 29.3 Å². The van der Waals surface area contributed by atoms with Gasteiger partial charge in [-0.2, -0.15) is 5.10 Å². The van der Waals surface area contributed by atoms with Gasteiger partial charge in [-0.25, -0.2) is 0 Å². The number of hydrogen-bond acceptors (Lipinski definition) is 7. The Balaban J connectivity index is 1.62. The summed E-state index contributed by atoms with van der Waals surface area (Å²) in [6, 6.07) is 15.2. The van der Waals surface area contributed by atoms with Gasteiger partial charge >= 0.3 is 0 Å². The van der Waals surface area contributed by atoms with Gasteiger partial charge in [-0.1, -0.05) is 36.4 Å². The van der Waals surface area contributed by atoms with Crippen molar-refractivity contribution in [3.63, 3.8) is 0 Å². The number of nitrogens with one attached hydrogen (secondary N) is 1. The highest BCUT2D eigenvalue weighted by molar-refractivity contribution is 6.50. The van der Waals surface area contributed by atoms with Crippen molar-refractivity contribution in [3.05, 3.63) is 66.0 Å². The standard InChI is InChI=1S/C27H28N4O6/c32-11-15-36-13-9-30-17-20(18-5-1-3-7-21(18)30)23-24(27(35)28-26(23)34)25-19-6-2-4-8-22(19)31(29-25)10-14-37-16-12-33/h1-8,17,32-33H,9-16H2,(H,28,34,35). The molecule has 0 radical (unpaired) electrons. The maximum atomic E-state index is 13.2. The molecule has 3 N–H and O–H groups in total. The minimum atomic E-state index is -0.491. The number of amides is 2. The summed E-state index contributed by atoms with van der Waals surface area (Å²) in [6.45, 7) is 2.04. The molecule has 0 saturated heterocycles. The first-order valence-electron chi connectivity index (χ1n) is 12.2. The summed E-state index contributed by atoms with van der Waals surface area (Å²) in [6.07, 6.45) is 1.86. The van der Waals surface area contributed by atoms with Gasteiger partial charge in [-0.15, -0.1) is 0 Å². The summed E-state index contributed by atoms with van der Waals surface area (Å²) in [7, 11) is 0. The Morgan fingerprint density at radius 3 is 2.11 bits per heavy atom. The van der Waals surface area contributed by atoms with E-state index in [4.69, 9.17) is 24.8 Å². The lowest BCUT2D eigenvalue weighted by Crippen LogP contribution is -2.22. The quantitative estimate of drug-likeness (QED) is 0.197.